The van der Waals surface area contributed by atoms with Crippen molar-refractivity contribution in [3.05, 3.63) is 80.2 Å². The van der Waals surface area contributed by atoms with Gasteiger partial charge in [-0.3, -0.25) is 4.79 Å². The van der Waals surface area contributed by atoms with E-state index in [9.17, 15) is 26.7 Å². The van der Waals surface area contributed by atoms with E-state index in [-0.39, 0.29) is 24.6 Å². The van der Waals surface area contributed by atoms with Gasteiger partial charge in [0.05, 0.1) is 17.2 Å². The monoisotopic (exact) mass is 488 g/mol. The van der Waals surface area contributed by atoms with Gasteiger partial charge in [0.2, 0.25) is 0 Å². The highest BCUT2D eigenvalue weighted by atomic mass is 35.5. The van der Waals surface area contributed by atoms with Crippen LogP contribution >= 0.6 is 11.6 Å². The predicted molar refractivity (Wildman–Crippen MR) is 111 cm³/mol. The Balaban J connectivity index is 1.72. The SMILES string of the molecule is CCc1cn(C)c(OCCc2cc(F)c(Oc3ccc(Cl)c(C(F)(F)F)c3)c(F)c2)nc1=O. The molecule has 33 heavy (non-hydrogen) atoms. The highest BCUT2D eigenvalue weighted by molar-refractivity contribution is 6.31. The van der Waals surface area contributed by atoms with Gasteiger partial charge < -0.3 is 14.0 Å². The molecule has 11 heteroatoms. The van der Waals surface area contributed by atoms with Crippen LogP contribution in [0.4, 0.5) is 22.0 Å². The molecule has 0 N–H and O–H groups in total. The van der Waals surface area contributed by atoms with Gasteiger partial charge in [0.1, 0.15) is 5.75 Å². The minimum Gasteiger partial charge on any atom is -0.464 e. The first-order chi connectivity index (χ1) is 15.5. The smallest absolute Gasteiger partial charge is 0.417 e. The summed E-state index contributed by atoms with van der Waals surface area (Å²) < 4.78 is 79.8. The molecule has 1 heterocycles. The summed E-state index contributed by atoms with van der Waals surface area (Å²) in [5, 5.41) is -0.567. The van der Waals surface area contributed by atoms with Crippen molar-refractivity contribution in [2.45, 2.75) is 25.9 Å². The van der Waals surface area contributed by atoms with E-state index >= 15 is 0 Å². The van der Waals surface area contributed by atoms with Crippen molar-refractivity contribution in [3.63, 3.8) is 0 Å². The third-order valence-electron chi connectivity index (χ3n) is 4.65. The van der Waals surface area contributed by atoms with Crippen LogP contribution in [-0.2, 0) is 26.1 Å². The normalized spacial score (nSPS) is 11.5. The molecule has 3 rings (SSSR count). The topological polar surface area (TPSA) is 53.4 Å². The third-order valence-corrected chi connectivity index (χ3v) is 4.98. The Bertz CT molecular complexity index is 1200. The Kier molecular flexibility index (Phi) is 7.26. The summed E-state index contributed by atoms with van der Waals surface area (Å²) >= 11 is 5.53. The molecule has 5 nitrogen and oxygen atoms in total. The molecular weight excluding hydrogens is 471 g/mol. The van der Waals surface area contributed by atoms with Crippen molar-refractivity contribution >= 4 is 11.6 Å². The molecule has 1 aromatic heterocycles. The van der Waals surface area contributed by atoms with Crippen molar-refractivity contribution in [1.29, 1.82) is 0 Å². The van der Waals surface area contributed by atoms with Gasteiger partial charge in [0.25, 0.3) is 11.6 Å². The molecule has 176 valence electrons. The summed E-state index contributed by atoms with van der Waals surface area (Å²) in [4.78, 5) is 15.7. The average Bonchev–Trinajstić information content (AvgIpc) is 2.73. The van der Waals surface area contributed by atoms with Crippen LogP contribution in [0.2, 0.25) is 5.02 Å². The maximum absolute atomic E-state index is 14.4. The van der Waals surface area contributed by atoms with Crippen molar-refractivity contribution in [2.75, 3.05) is 6.61 Å². The van der Waals surface area contributed by atoms with Gasteiger partial charge in [-0.2, -0.15) is 18.2 Å². The molecule has 2 aromatic carbocycles. The lowest BCUT2D eigenvalue weighted by Gasteiger charge is -2.13. The van der Waals surface area contributed by atoms with E-state index in [4.69, 9.17) is 21.1 Å². The van der Waals surface area contributed by atoms with Gasteiger partial charge >= 0.3 is 6.18 Å². The number of hydrogen-bond acceptors (Lipinski definition) is 4. The van der Waals surface area contributed by atoms with Gasteiger partial charge in [-0.1, -0.05) is 18.5 Å². The molecule has 0 aliphatic heterocycles. The summed E-state index contributed by atoms with van der Waals surface area (Å²) in [5.41, 5.74) is -0.876. The molecule has 0 amide bonds. The zero-order valence-corrected chi connectivity index (χ0v) is 18.2. The molecule has 0 bridgehead atoms. The van der Waals surface area contributed by atoms with Crippen LogP contribution in [0.25, 0.3) is 0 Å². The Morgan fingerprint density at radius 1 is 1.12 bits per heavy atom. The lowest BCUT2D eigenvalue weighted by molar-refractivity contribution is -0.137. The number of ether oxygens (including phenoxy) is 2. The van der Waals surface area contributed by atoms with Crippen LogP contribution in [0.1, 0.15) is 23.6 Å². The molecular formula is C22H18ClF5N2O3. The van der Waals surface area contributed by atoms with Crippen LogP contribution in [0, 0.1) is 11.6 Å². The second-order valence-corrected chi connectivity index (χ2v) is 7.45. The van der Waals surface area contributed by atoms with Crippen molar-refractivity contribution < 1.29 is 31.4 Å². The Morgan fingerprint density at radius 3 is 2.39 bits per heavy atom. The fourth-order valence-corrected chi connectivity index (χ4v) is 3.20. The molecule has 0 unspecified atom stereocenters. The van der Waals surface area contributed by atoms with Crippen LogP contribution in [0.3, 0.4) is 0 Å². The maximum Gasteiger partial charge on any atom is 0.417 e. The minimum absolute atomic E-state index is 0.0308. The van der Waals surface area contributed by atoms with E-state index in [1.54, 1.807) is 13.2 Å². The van der Waals surface area contributed by atoms with Crippen molar-refractivity contribution in [2.24, 2.45) is 7.05 Å². The number of aromatic nitrogens is 2. The second kappa shape index (κ2) is 9.78. The number of alkyl halides is 3. The molecule has 0 aliphatic rings. The lowest BCUT2D eigenvalue weighted by atomic mass is 10.1. The molecule has 0 radical (unpaired) electrons. The fourth-order valence-electron chi connectivity index (χ4n) is 2.98. The molecule has 0 spiro atoms. The summed E-state index contributed by atoms with van der Waals surface area (Å²) in [6.07, 6.45) is -2.58. The van der Waals surface area contributed by atoms with Gasteiger partial charge in [-0.05, 0) is 42.3 Å². The highest BCUT2D eigenvalue weighted by Crippen LogP contribution is 2.38. The number of nitrogens with zero attached hydrogens (tertiary/aromatic N) is 2. The quantitative estimate of drug-likeness (QED) is 0.400. The van der Waals surface area contributed by atoms with E-state index < -0.39 is 45.5 Å². The fraction of sp³-hybridized carbons (Fsp3) is 0.273. The first-order valence-electron chi connectivity index (χ1n) is 9.71. The van der Waals surface area contributed by atoms with E-state index in [0.717, 1.165) is 24.3 Å². The molecule has 0 atom stereocenters. The Labute approximate surface area is 190 Å². The van der Waals surface area contributed by atoms with E-state index in [1.807, 2.05) is 6.92 Å². The standard InChI is InChI=1S/C22H18ClF5N2O3/c1-3-13-11-30(2)21(29-20(13)31)32-7-6-12-8-17(24)19(18(25)9-12)33-14-4-5-16(23)15(10-14)22(26,27)28/h4-5,8-11H,3,6-7H2,1-2H3. The first kappa shape index (κ1) is 24.5. The Morgan fingerprint density at radius 2 is 1.79 bits per heavy atom. The Hall–Kier alpha value is -3.14. The van der Waals surface area contributed by atoms with Crippen LogP contribution in [0.5, 0.6) is 17.5 Å². The number of aryl methyl sites for hydroxylation is 2. The van der Waals surface area contributed by atoms with Gasteiger partial charge in [0, 0.05) is 25.2 Å². The maximum atomic E-state index is 14.4. The summed E-state index contributed by atoms with van der Waals surface area (Å²) in [7, 11) is 1.65. The zero-order valence-electron chi connectivity index (χ0n) is 17.5. The van der Waals surface area contributed by atoms with Crippen molar-refractivity contribution in [1.82, 2.24) is 9.55 Å². The first-order valence-corrected chi connectivity index (χ1v) is 10.1. The second-order valence-electron chi connectivity index (χ2n) is 7.05. The number of halogens is 6. The number of rotatable bonds is 7. The average molecular weight is 489 g/mol. The lowest BCUT2D eigenvalue weighted by Crippen LogP contribution is -2.19. The molecule has 0 aliphatic carbocycles. The summed E-state index contributed by atoms with van der Waals surface area (Å²) in [6.45, 7) is 1.79. The van der Waals surface area contributed by atoms with E-state index in [2.05, 4.69) is 4.98 Å². The van der Waals surface area contributed by atoms with Crippen LogP contribution in [0.15, 0.2) is 41.3 Å². The molecule has 0 saturated heterocycles. The van der Waals surface area contributed by atoms with Gasteiger partial charge in [0.15, 0.2) is 17.4 Å². The minimum atomic E-state index is -4.76. The van der Waals surface area contributed by atoms with E-state index in [0.29, 0.717) is 18.1 Å². The van der Waals surface area contributed by atoms with Gasteiger partial charge in [-0.15, -0.1) is 0 Å². The summed E-state index contributed by atoms with van der Waals surface area (Å²) in [6, 6.07) is 4.57. The van der Waals surface area contributed by atoms with Crippen LogP contribution < -0.4 is 15.0 Å². The molecule has 0 fully saturated rings. The van der Waals surface area contributed by atoms with Crippen molar-refractivity contribution in [3.8, 4) is 17.5 Å². The third kappa shape index (κ3) is 5.81. The highest BCUT2D eigenvalue weighted by Gasteiger charge is 2.33. The predicted octanol–water partition coefficient (Wildman–Crippen LogP) is 5.71. The largest absolute Gasteiger partial charge is 0.464 e. The van der Waals surface area contributed by atoms with Gasteiger partial charge in [-0.25, -0.2) is 8.78 Å². The number of benzene rings is 2. The molecule has 0 saturated carbocycles. The van der Waals surface area contributed by atoms with E-state index in [1.165, 1.54) is 4.57 Å². The number of hydrogen-bond donors (Lipinski definition) is 0. The molecule has 3 aromatic rings. The summed E-state index contributed by atoms with van der Waals surface area (Å²) in [5.74, 6) is -3.49. The van der Waals surface area contributed by atoms with Crippen LogP contribution in [-0.4, -0.2) is 16.2 Å². The zero-order chi connectivity index (χ0) is 24.3.